The first-order chi connectivity index (χ1) is 15.0. The maximum atomic E-state index is 13.0. The van der Waals surface area contributed by atoms with Crippen molar-refractivity contribution >= 4 is 17.4 Å². The number of hydrogen-bond acceptors (Lipinski definition) is 5. The van der Waals surface area contributed by atoms with Crippen LogP contribution in [0.2, 0.25) is 0 Å². The summed E-state index contributed by atoms with van der Waals surface area (Å²) in [6, 6.07) is 17.1. The average Bonchev–Trinajstić information content (AvgIpc) is 3.42. The van der Waals surface area contributed by atoms with E-state index in [0.29, 0.717) is 17.1 Å². The van der Waals surface area contributed by atoms with Crippen LogP contribution in [0.3, 0.4) is 0 Å². The zero-order valence-corrected chi connectivity index (χ0v) is 17.4. The standard InChI is InChI=1S/C25H23NO5/c1-3-16-6-10-18(11-7-16)23(27)21-22(20-5-4-14-31-20)26(25(29)24(21)28)15-17-8-12-19(30-2)13-9-17/h4-14,22,27H,3,15H2,1-2H3/b23-21-. The summed E-state index contributed by atoms with van der Waals surface area (Å²) in [7, 11) is 1.58. The van der Waals surface area contributed by atoms with Crippen LogP contribution in [0.15, 0.2) is 76.9 Å². The van der Waals surface area contributed by atoms with Gasteiger partial charge in [0.1, 0.15) is 23.3 Å². The second kappa shape index (κ2) is 8.52. The van der Waals surface area contributed by atoms with Crippen LogP contribution in [-0.2, 0) is 22.6 Å². The SMILES string of the molecule is CCc1ccc(/C(O)=C2/C(=O)C(=O)N(Cc3ccc(OC)cc3)C2c2ccco2)cc1. The van der Waals surface area contributed by atoms with Gasteiger partial charge in [0.05, 0.1) is 18.9 Å². The molecule has 1 aliphatic heterocycles. The molecule has 1 unspecified atom stereocenters. The van der Waals surface area contributed by atoms with Gasteiger partial charge in [0, 0.05) is 12.1 Å². The molecule has 1 N–H and O–H groups in total. The molecule has 0 aliphatic carbocycles. The lowest BCUT2D eigenvalue weighted by Gasteiger charge is -2.23. The Kier molecular flexibility index (Phi) is 5.62. The normalized spacial score (nSPS) is 17.9. The van der Waals surface area contributed by atoms with E-state index in [1.807, 2.05) is 31.2 Å². The fourth-order valence-electron chi connectivity index (χ4n) is 3.77. The molecule has 1 amide bonds. The molecular weight excluding hydrogens is 394 g/mol. The Labute approximate surface area is 180 Å². The molecule has 2 aromatic carbocycles. The van der Waals surface area contributed by atoms with E-state index in [1.165, 1.54) is 11.2 Å². The Balaban J connectivity index is 1.77. The Morgan fingerprint density at radius 1 is 1.03 bits per heavy atom. The van der Waals surface area contributed by atoms with Gasteiger partial charge in [0.2, 0.25) is 0 Å². The number of ether oxygens (including phenoxy) is 1. The average molecular weight is 417 g/mol. The highest BCUT2D eigenvalue weighted by molar-refractivity contribution is 6.46. The van der Waals surface area contributed by atoms with Crippen molar-refractivity contribution in [2.45, 2.75) is 25.9 Å². The summed E-state index contributed by atoms with van der Waals surface area (Å²) in [6.07, 6.45) is 2.35. The first-order valence-corrected chi connectivity index (χ1v) is 10.1. The van der Waals surface area contributed by atoms with Crippen LogP contribution >= 0.6 is 0 Å². The van der Waals surface area contributed by atoms with Gasteiger partial charge in [-0.15, -0.1) is 0 Å². The van der Waals surface area contributed by atoms with E-state index >= 15 is 0 Å². The number of nitrogens with zero attached hydrogens (tertiary/aromatic N) is 1. The number of carbonyl (C=O) groups is 2. The maximum absolute atomic E-state index is 13.0. The number of ketones is 1. The molecule has 0 bridgehead atoms. The Morgan fingerprint density at radius 2 is 1.71 bits per heavy atom. The number of aliphatic hydroxyl groups excluding tert-OH is 1. The lowest BCUT2D eigenvalue weighted by Crippen LogP contribution is -2.29. The highest BCUT2D eigenvalue weighted by atomic mass is 16.5. The highest BCUT2D eigenvalue weighted by Crippen LogP contribution is 2.40. The monoisotopic (exact) mass is 417 g/mol. The summed E-state index contributed by atoms with van der Waals surface area (Å²) in [6.45, 7) is 2.22. The molecule has 0 spiro atoms. The number of rotatable bonds is 6. The number of carbonyl (C=O) groups excluding carboxylic acids is 2. The third-order valence-corrected chi connectivity index (χ3v) is 5.50. The van der Waals surface area contributed by atoms with Crippen LogP contribution in [0.4, 0.5) is 0 Å². The van der Waals surface area contributed by atoms with Crippen LogP contribution in [0, 0.1) is 0 Å². The molecule has 1 aliphatic rings. The van der Waals surface area contributed by atoms with Crippen LogP contribution in [0.5, 0.6) is 5.75 Å². The number of methoxy groups -OCH3 is 1. The molecule has 158 valence electrons. The van der Waals surface area contributed by atoms with Crippen LogP contribution in [0.25, 0.3) is 5.76 Å². The molecule has 1 atom stereocenters. The molecule has 1 saturated heterocycles. The predicted octanol–water partition coefficient (Wildman–Crippen LogP) is 4.47. The van der Waals surface area contributed by atoms with E-state index in [4.69, 9.17) is 9.15 Å². The van der Waals surface area contributed by atoms with Crippen molar-refractivity contribution < 1.29 is 23.8 Å². The van der Waals surface area contributed by atoms with Gasteiger partial charge in [-0.3, -0.25) is 9.59 Å². The fourth-order valence-corrected chi connectivity index (χ4v) is 3.77. The number of Topliss-reactive ketones (excluding diaryl/α,β-unsaturated/α-hetero) is 1. The molecule has 1 aromatic heterocycles. The molecular formula is C25H23NO5. The van der Waals surface area contributed by atoms with Crippen molar-refractivity contribution in [3.8, 4) is 5.75 Å². The predicted molar refractivity (Wildman–Crippen MR) is 115 cm³/mol. The first kappa shape index (κ1) is 20.5. The van der Waals surface area contributed by atoms with E-state index in [2.05, 4.69) is 0 Å². The minimum Gasteiger partial charge on any atom is -0.507 e. The second-order valence-electron chi connectivity index (χ2n) is 7.34. The lowest BCUT2D eigenvalue weighted by molar-refractivity contribution is -0.140. The Hall–Kier alpha value is -3.80. The van der Waals surface area contributed by atoms with Gasteiger partial charge < -0.3 is 19.2 Å². The molecule has 3 aromatic rings. The summed E-state index contributed by atoms with van der Waals surface area (Å²) < 4.78 is 10.7. The van der Waals surface area contributed by atoms with Gasteiger partial charge in [0.15, 0.2) is 0 Å². The minimum atomic E-state index is -0.817. The summed E-state index contributed by atoms with van der Waals surface area (Å²) in [5.74, 6) is -0.501. The Bertz CT molecular complexity index is 1110. The van der Waals surface area contributed by atoms with Crippen molar-refractivity contribution in [3.05, 3.63) is 95.0 Å². The molecule has 6 nitrogen and oxygen atoms in total. The van der Waals surface area contributed by atoms with Gasteiger partial charge >= 0.3 is 0 Å². The van der Waals surface area contributed by atoms with E-state index in [0.717, 1.165) is 17.5 Å². The van der Waals surface area contributed by atoms with E-state index in [1.54, 1.807) is 43.5 Å². The molecule has 4 rings (SSSR count). The topological polar surface area (TPSA) is 80.0 Å². The summed E-state index contributed by atoms with van der Waals surface area (Å²) >= 11 is 0. The number of aryl methyl sites for hydroxylation is 1. The minimum absolute atomic E-state index is 0.0257. The zero-order chi connectivity index (χ0) is 22.0. The first-order valence-electron chi connectivity index (χ1n) is 10.1. The van der Waals surface area contributed by atoms with Crippen molar-refractivity contribution in [1.29, 1.82) is 0 Å². The third kappa shape index (κ3) is 3.84. The van der Waals surface area contributed by atoms with Gasteiger partial charge in [-0.1, -0.05) is 43.3 Å². The summed E-state index contributed by atoms with van der Waals surface area (Å²) in [4.78, 5) is 27.4. The van der Waals surface area contributed by atoms with Gasteiger partial charge in [-0.05, 0) is 41.8 Å². The number of benzene rings is 2. The smallest absolute Gasteiger partial charge is 0.296 e. The van der Waals surface area contributed by atoms with Gasteiger partial charge in [0.25, 0.3) is 11.7 Å². The highest BCUT2D eigenvalue weighted by Gasteiger charge is 2.47. The molecule has 0 saturated carbocycles. The quantitative estimate of drug-likeness (QED) is 0.364. The van der Waals surface area contributed by atoms with E-state index in [-0.39, 0.29) is 17.9 Å². The van der Waals surface area contributed by atoms with E-state index in [9.17, 15) is 14.7 Å². The number of amides is 1. The van der Waals surface area contributed by atoms with Crippen LogP contribution in [-0.4, -0.2) is 28.8 Å². The fraction of sp³-hybridized carbons (Fsp3) is 0.200. The Morgan fingerprint density at radius 3 is 2.29 bits per heavy atom. The molecule has 31 heavy (non-hydrogen) atoms. The van der Waals surface area contributed by atoms with Crippen molar-refractivity contribution in [2.24, 2.45) is 0 Å². The lowest BCUT2D eigenvalue weighted by atomic mass is 9.98. The third-order valence-electron chi connectivity index (χ3n) is 5.50. The number of likely N-dealkylation sites (tertiary alicyclic amines) is 1. The number of furan rings is 1. The second-order valence-corrected chi connectivity index (χ2v) is 7.34. The largest absolute Gasteiger partial charge is 0.507 e. The van der Waals surface area contributed by atoms with Crippen molar-refractivity contribution in [3.63, 3.8) is 0 Å². The molecule has 6 heteroatoms. The van der Waals surface area contributed by atoms with Crippen molar-refractivity contribution in [2.75, 3.05) is 7.11 Å². The van der Waals surface area contributed by atoms with E-state index < -0.39 is 17.7 Å². The number of aliphatic hydroxyl groups is 1. The van der Waals surface area contributed by atoms with Crippen LogP contribution < -0.4 is 4.74 Å². The zero-order valence-electron chi connectivity index (χ0n) is 17.4. The molecule has 0 radical (unpaired) electrons. The molecule has 2 heterocycles. The van der Waals surface area contributed by atoms with Crippen LogP contribution in [0.1, 0.15) is 35.4 Å². The van der Waals surface area contributed by atoms with Gasteiger partial charge in [-0.2, -0.15) is 0 Å². The molecule has 1 fully saturated rings. The maximum Gasteiger partial charge on any atom is 0.296 e. The van der Waals surface area contributed by atoms with Gasteiger partial charge in [-0.25, -0.2) is 0 Å². The summed E-state index contributed by atoms with van der Waals surface area (Å²) in [5.41, 5.74) is 2.44. The van der Waals surface area contributed by atoms with Crippen molar-refractivity contribution in [1.82, 2.24) is 4.90 Å². The summed E-state index contributed by atoms with van der Waals surface area (Å²) in [5, 5.41) is 11.0. The number of hydrogen-bond donors (Lipinski definition) is 1.